The third-order valence-electron chi connectivity index (χ3n) is 3.13. The van der Waals surface area contributed by atoms with Crippen LogP contribution in [0.25, 0.3) is 0 Å². The van der Waals surface area contributed by atoms with Gasteiger partial charge in [0.25, 0.3) is 0 Å². The number of nitro groups is 1. The van der Waals surface area contributed by atoms with Crippen molar-refractivity contribution in [3.05, 3.63) is 63.7 Å². The van der Waals surface area contributed by atoms with Crippen LogP contribution < -0.4 is 10.2 Å². The Morgan fingerprint density at radius 1 is 1.38 bits per heavy atom. The van der Waals surface area contributed by atoms with Crippen molar-refractivity contribution in [2.45, 2.75) is 6.42 Å². The van der Waals surface area contributed by atoms with E-state index in [1.807, 2.05) is 0 Å². The molecule has 0 unspecified atom stereocenters. The zero-order valence-corrected chi connectivity index (χ0v) is 12.8. The van der Waals surface area contributed by atoms with Crippen LogP contribution in [-0.2, 0) is 11.2 Å². The van der Waals surface area contributed by atoms with E-state index in [0.717, 1.165) is 11.8 Å². The second kappa shape index (κ2) is 7.73. The summed E-state index contributed by atoms with van der Waals surface area (Å²) in [5.74, 6) is -0.233. The molecule has 2 N–H and O–H groups in total. The van der Waals surface area contributed by atoms with Crippen molar-refractivity contribution in [3.8, 4) is 11.5 Å². The Hall–Kier alpha value is -3.42. The van der Waals surface area contributed by atoms with E-state index < -0.39 is 16.4 Å². The Labute approximate surface area is 137 Å². The first-order chi connectivity index (χ1) is 11.5. The van der Waals surface area contributed by atoms with Crippen LogP contribution in [0.15, 0.2) is 47.6 Å². The zero-order valence-electron chi connectivity index (χ0n) is 12.8. The number of amides is 1. The Morgan fingerprint density at radius 3 is 2.83 bits per heavy atom. The molecule has 2 aromatic rings. The average Bonchev–Trinajstić information content (AvgIpc) is 2.56. The van der Waals surface area contributed by atoms with Gasteiger partial charge in [-0.1, -0.05) is 18.2 Å². The molecule has 0 aromatic heterocycles. The molecule has 2 aromatic carbocycles. The molecule has 0 saturated carbocycles. The Bertz CT molecular complexity index is 789. The number of aromatic hydroxyl groups is 1. The summed E-state index contributed by atoms with van der Waals surface area (Å²) in [6.07, 6.45) is 1.24. The van der Waals surface area contributed by atoms with Crippen molar-refractivity contribution in [1.82, 2.24) is 5.43 Å². The van der Waals surface area contributed by atoms with Crippen LogP contribution in [0.4, 0.5) is 5.69 Å². The van der Waals surface area contributed by atoms with E-state index in [1.54, 1.807) is 24.3 Å². The lowest BCUT2D eigenvalue weighted by molar-refractivity contribution is -0.385. The monoisotopic (exact) mass is 329 g/mol. The minimum Gasteiger partial charge on any atom is -0.502 e. The van der Waals surface area contributed by atoms with E-state index in [9.17, 15) is 20.0 Å². The number of carbonyl (C=O) groups excluding carboxylic acids is 1. The largest absolute Gasteiger partial charge is 0.502 e. The summed E-state index contributed by atoms with van der Waals surface area (Å²) in [5, 5.41) is 24.2. The number of phenolic OH excluding ortho intramolecular Hbond substituents is 1. The summed E-state index contributed by atoms with van der Waals surface area (Å²) in [6, 6.07) is 11.1. The molecule has 0 saturated heterocycles. The lowest BCUT2D eigenvalue weighted by Crippen LogP contribution is -2.19. The molecule has 2 rings (SSSR count). The second-order valence-electron chi connectivity index (χ2n) is 4.79. The molecule has 1 amide bonds. The van der Waals surface area contributed by atoms with E-state index in [0.29, 0.717) is 5.75 Å². The molecule has 0 aliphatic carbocycles. The van der Waals surface area contributed by atoms with Gasteiger partial charge in [-0.05, 0) is 23.8 Å². The van der Waals surface area contributed by atoms with E-state index >= 15 is 0 Å². The van der Waals surface area contributed by atoms with Gasteiger partial charge in [0.1, 0.15) is 5.75 Å². The molecule has 0 spiro atoms. The minimum atomic E-state index is -0.700. The van der Waals surface area contributed by atoms with Crippen LogP contribution >= 0.6 is 0 Å². The first-order valence-corrected chi connectivity index (χ1v) is 6.92. The molecule has 124 valence electrons. The van der Waals surface area contributed by atoms with Crippen molar-refractivity contribution >= 4 is 17.8 Å². The van der Waals surface area contributed by atoms with Crippen LogP contribution in [0.5, 0.6) is 11.5 Å². The Kier molecular flexibility index (Phi) is 5.45. The van der Waals surface area contributed by atoms with Crippen molar-refractivity contribution in [2.24, 2.45) is 5.10 Å². The van der Waals surface area contributed by atoms with Gasteiger partial charge in [0.15, 0.2) is 0 Å². The number of phenols is 1. The van der Waals surface area contributed by atoms with E-state index in [2.05, 4.69) is 10.5 Å². The van der Waals surface area contributed by atoms with Gasteiger partial charge in [-0.3, -0.25) is 14.9 Å². The minimum absolute atomic E-state index is 0.0927. The normalized spacial score (nSPS) is 10.5. The van der Waals surface area contributed by atoms with E-state index in [1.165, 1.54) is 25.3 Å². The summed E-state index contributed by atoms with van der Waals surface area (Å²) in [4.78, 5) is 21.9. The van der Waals surface area contributed by atoms with Gasteiger partial charge in [0, 0.05) is 11.6 Å². The fraction of sp³-hybridized carbons (Fsp3) is 0.125. The number of methoxy groups -OCH3 is 1. The number of hydrazone groups is 1. The topological polar surface area (TPSA) is 114 Å². The van der Waals surface area contributed by atoms with E-state index in [4.69, 9.17) is 4.74 Å². The highest BCUT2D eigenvalue weighted by molar-refractivity contribution is 5.87. The van der Waals surface area contributed by atoms with Gasteiger partial charge < -0.3 is 9.84 Å². The van der Waals surface area contributed by atoms with Crippen LogP contribution in [-0.4, -0.2) is 29.3 Å². The zero-order chi connectivity index (χ0) is 17.5. The second-order valence-corrected chi connectivity index (χ2v) is 4.79. The van der Waals surface area contributed by atoms with Gasteiger partial charge >= 0.3 is 5.69 Å². The molecule has 24 heavy (non-hydrogen) atoms. The number of hydrogen-bond donors (Lipinski definition) is 2. The van der Waals surface area contributed by atoms with Crippen molar-refractivity contribution < 1.29 is 19.6 Å². The summed E-state index contributed by atoms with van der Waals surface area (Å²) in [5.41, 5.74) is 2.75. The quantitative estimate of drug-likeness (QED) is 0.478. The molecular weight excluding hydrogens is 314 g/mol. The molecule has 8 nitrogen and oxygen atoms in total. The Balaban J connectivity index is 2.00. The molecular formula is C16H15N3O5. The number of nitro benzene ring substituents is 1. The van der Waals surface area contributed by atoms with Gasteiger partial charge in [-0.15, -0.1) is 0 Å². The van der Waals surface area contributed by atoms with Crippen molar-refractivity contribution in [1.29, 1.82) is 0 Å². The predicted octanol–water partition coefficient (Wildman–Crippen LogP) is 2.00. The number of nitrogens with zero attached hydrogens (tertiary/aromatic N) is 2. The molecule has 0 bridgehead atoms. The first kappa shape index (κ1) is 16.9. The van der Waals surface area contributed by atoms with Gasteiger partial charge in [-0.25, -0.2) is 5.43 Å². The number of benzene rings is 2. The van der Waals surface area contributed by atoms with Gasteiger partial charge in [0.2, 0.25) is 11.7 Å². The number of para-hydroxylation sites is 1. The average molecular weight is 329 g/mol. The smallest absolute Gasteiger partial charge is 0.311 e. The molecule has 0 heterocycles. The van der Waals surface area contributed by atoms with Crippen LogP contribution in [0, 0.1) is 10.1 Å². The maximum atomic E-state index is 11.8. The van der Waals surface area contributed by atoms with Gasteiger partial charge in [0.05, 0.1) is 24.7 Å². The molecule has 0 fully saturated rings. The SMILES string of the molecule is COc1cccc(CC(=O)N/N=C/c2cccc([N+](=O)[O-])c2O)c1. The van der Waals surface area contributed by atoms with Crippen molar-refractivity contribution in [3.63, 3.8) is 0 Å². The maximum Gasteiger partial charge on any atom is 0.311 e. The lowest BCUT2D eigenvalue weighted by Gasteiger charge is -2.04. The number of carbonyl (C=O) groups is 1. The fourth-order valence-electron chi connectivity index (χ4n) is 1.98. The summed E-state index contributed by atoms with van der Waals surface area (Å²) < 4.78 is 5.07. The fourth-order valence-corrected chi connectivity index (χ4v) is 1.98. The standard InChI is InChI=1S/C16H15N3O5/c1-24-13-6-2-4-11(8-13)9-15(20)18-17-10-12-5-3-7-14(16(12)21)19(22)23/h2-8,10,21H,9H2,1H3,(H,18,20)/b17-10+. The highest BCUT2D eigenvalue weighted by Crippen LogP contribution is 2.27. The van der Waals surface area contributed by atoms with Gasteiger partial charge in [-0.2, -0.15) is 5.10 Å². The van der Waals surface area contributed by atoms with E-state index in [-0.39, 0.29) is 17.9 Å². The summed E-state index contributed by atoms with van der Waals surface area (Å²) >= 11 is 0. The van der Waals surface area contributed by atoms with Crippen LogP contribution in [0.3, 0.4) is 0 Å². The third-order valence-corrected chi connectivity index (χ3v) is 3.13. The predicted molar refractivity (Wildman–Crippen MR) is 87.2 cm³/mol. The van der Waals surface area contributed by atoms with Crippen LogP contribution in [0.1, 0.15) is 11.1 Å². The highest BCUT2D eigenvalue weighted by Gasteiger charge is 2.15. The lowest BCUT2D eigenvalue weighted by atomic mass is 10.1. The summed E-state index contributed by atoms with van der Waals surface area (Å²) in [7, 11) is 1.54. The maximum absolute atomic E-state index is 11.8. The number of rotatable bonds is 6. The summed E-state index contributed by atoms with van der Waals surface area (Å²) in [6.45, 7) is 0. The van der Waals surface area contributed by atoms with Crippen LogP contribution in [0.2, 0.25) is 0 Å². The highest BCUT2D eigenvalue weighted by atomic mass is 16.6. The molecule has 0 radical (unpaired) electrons. The van der Waals surface area contributed by atoms with Crippen molar-refractivity contribution in [2.75, 3.05) is 7.11 Å². The molecule has 8 heteroatoms. The molecule has 0 atom stereocenters. The molecule has 0 aliphatic rings. The number of ether oxygens (including phenoxy) is 1. The third kappa shape index (κ3) is 4.29. The number of hydrogen-bond acceptors (Lipinski definition) is 6. The molecule has 0 aliphatic heterocycles. The first-order valence-electron chi connectivity index (χ1n) is 6.92. The number of nitrogens with one attached hydrogen (secondary N) is 1. The Morgan fingerprint density at radius 2 is 2.12 bits per heavy atom.